The summed E-state index contributed by atoms with van der Waals surface area (Å²) in [6.45, 7) is 4.38. The van der Waals surface area contributed by atoms with Crippen LogP contribution in [0, 0.1) is 0 Å². The van der Waals surface area contributed by atoms with Gasteiger partial charge in [0.2, 0.25) is 0 Å². The van der Waals surface area contributed by atoms with E-state index < -0.39 is 9.84 Å². The summed E-state index contributed by atoms with van der Waals surface area (Å²) in [4.78, 5) is 4.94. The number of rotatable bonds is 6. The Bertz CT molecular complexity index is 1740. The lowest BCUT2D eigenvalue weighted by Gasteiger charge is -2.13. The van der Waals surface area contributed by atoms with E-state index in [2.05, 4.69) is 64.7 Å². The number of pyridine rings is 1. The predicted octanol–water partition coefficient (Wildman–Crippen LogP) is 5.54. The Hall–Kier alpha value is -4.17. The molecule has 0 spiro atoms. The Morgan fingerprint density at radius 3 is 2.43 bits per heavy atom. The van der Waals surface area contributed by atoms with Gasteiger partial charge >= 0.3 is 0 Å². The number of benzene rings is 3. The second-order valence-electron chi connectivity index (χ2n) is 9.40. The van der Waals surface area contributed by atoms with Crippen molar-refractivity contribution < 1.29 is 8.42 Å². The summed E-state index contributed by atoms with van der Waals surface area (Å²) in [6.07, 6.45) is 5.04. The predicted molar refractivity (Wildman–Crippen MR) is 147 cm³/mol. The Morgan fingerprint density at radius 2 is 1.76 bits per heavy atom. The molecule has 3 aromatic carbocycles. The van der Waals surface area contributed by atoms with Crippen molar-refractivity contribution in [2.24, 2.45) is 7.05 Å². The molecule has 0 amide bonds. The molecule has 0 aliphatic carbocycles. The van der Waals surface area contributed by atoms with Gasteiger partial charge in [0.25, 0.3) is 0 Å². The smallest absolute Gasteiger partial charge is 0.182 e. The summed E-state index contributed by atoms with van der Waals surface area (Å²) in [6, 6.07) is 23.5. The molecule has 0 radical (unpaired) electrons. The van der Waals surface area contributed by atoms with E-state index >= 15 is 0 Å². The molecular weight excluding hydrogens is 482 g/mol. The van der Waals surface area contributed by atoms with Crippen LogP contribution in [0.4, 0.5) is 0 Å². The van der Waals surface area contributed by atoms with Gasteiger partial charge < -0.3 is 0 Å². The topological polar surface area (TPSA) is 90.6 Å². The van der Waals surface area contributed by atoms with Crippen molar-refractivity contribution in [3.8, 4) is 11.1 Å². The van der Waals surface area contributed by atoms with Gasteiger partial charge in [-0.05, 0) is 81.1 Å². The first-order valence-electron chi connectivity index (χ1n) is 11.9. The minimum Gasteiger partial charge on any atom is -0.256 e. The molecule has 0 bridgehead atoms. The minimum absolute atomic E-state index is 0.262. The van der Waals surface area contributed by atoms with Crippen molar-refractivity contribution >= 4 is 32.4 Å². The van der Waals surface area contributed by atoms with Crippen LogP contribution < -0.4 is 0 Å². The third kappa shape index (κ3) is 5.06. The molecule has 2 aromatic heterocycles. The average Bonchev–Trinajstić information content (AvgIpc) is 3.31. The summed E-state index contributed by atoms with van der Waals surface area (Å²) in [5.41, 5.74) is 6.91. The Labute approximate surface area is 216 Å². The Morgan fingerprint density at radius 1 is 0.973 bits per heavy atom. The van der Waals surface area contributed by atoms with Crippen LogP contribution in [0.15, 0.2) is 83.9 Å². The second-order valence-corrected chi connectivity index (χ2v) is 11.4. The Kier molecular flexibility index (Phi) is 6.43. The second kappa shape index (κ2) is 9.71. The van der Waals surface area contributed by atoms with Gasteiger partial charge in [-0.15, -0.1) is 5.10 Å². The molecule has 2 heterocycles. The van der Waals surface area contributed by atoms with Crippen LogP contribution in [0.25, 0.3) is 33.7 Å². The first-order chi connectivity index (χ1) is 17.7. The first kappa shape index (κ1) is 24.5. The number of aromatic nitrogens is 5. The molecule has 0 saturated heterocycles. The van der Waals surface area contributed by atoms with Crippen molar-refractivity contribution in [2.45, 2.75) is 24.7 Å². The monoisotopic (exact) mass is 509 g/mol. The number of hydrogen-bond acceptors (Lipinski definition) is 6. The molecule has 186 valence electrons. The average molecular weight is 510 g/mol. The van der Waals surface area contributed by atoms with Gasteiger partial charge in [0.05, 0.1) is 10.4 Å². The molecule has 7 nitrogen and oxygen atoms in total. The van der Waals surface area contributed by atoms with Gasteiger partial charge in [0.1, 0.15) is 0 Å². The number of hydrogen-bond donors (Lipinski definition) is 0. The lowest BCUT2D eigenvalue weighted by Crippen LogP contribution is -2.01. The summed E-state index contributed by atoms with van der Waals surface area (Å²) in [7, 11) is -1.52. The maximum absolute atomic E-state index is 12.0. The van der Waals surface area contributed by atoms with E-state index in [-0.39, 0.29) is 4.90 Å². The number of tetrazole rings is 1. The van der Waals surface area contributed by atoms with Crippen molar-refractivity contribution in [1.29, 1.82) is 0 Å². The standard InChI is InChI=1S/C29H27N5O2S/c1-19(2)24-17-23-9-6-14-30-28(23)26(18-24)22-8-5-7-20(15-22)16-27(29-31-32-33-34(29)3)21-10-12-25(13-11-21)37(4,35)36/h5-19H,1-4H3/b27-16-. The maximum atomic E-state index is 12.0. The summed E-state index contributed by atoms with van der Waals surface area (Å²) < 4.78 is 25.5. The number of fused-ring (bicyclic) bond motifs is 1. The van der Waals surface area contributed by atoms with Crippen LogP contribution in [0.1, 0.15) is 42.3 Å². The third-order valence-electron chi connectivity index (χ3n) is 6.36. The first-order valence-corrected chi connectivity index (χ1v) is 13.8. The van der Waals surface area contributed by atoms with Crippen LogP contribution in [0.3, 0.4) is 0 Å². The fraction of sp³-hybridized carbons (Fsp3) is 0.172. The third-order valence-corrected chi connectivity index (χ3v) is 7.49. The zero-order chi connectivity index (χ0) is 26.2. The van der Waals surface area contributed by atoms with Crippen LogP contribution in [-0.4, -0.2) is 39.9 Å². The lowest BCUT2D eigenvalue weighted by atomic mass is 9.93. The molecule has 0 fully saturated rings. The molecule has 0 aliphatic heterocycles. The fourth-order valence-electron chi connectivity index (χ4n) is 4.35. The van der Waals surface area contributed by atoms with Crippen molar-refractivity contribution in [3.05, 3.63) is 102 Å². The van der Waals surface area contributed by atoms with Gasteiger partial charge in [-0.25, -0.2) is 13.1 Å². The minimum atomic E-state index is -3.30. The molecule has 5 rings (SSSR count). The summed E-state index contributed by atoms with van der Waals surface area (Å²) >= 11 is 0. The normalized spacial score (nSPS) is 12.4. The highest BCUT2D eigenvalue weighted by Gasteiger charge is 2.15. The van der Waals surface area contributed by atoms with E-state index in [9.17, 15) is 8.42 Å². The van der Waals surface area contributed by atoms with E-state index in [1.54, 1.807) is 36.0 Å². The van der Waals surface area contributed by atoms with Crippen molar-refractivity contribution in [1.82, 2.24) is 25.2 Å². The summed E-state index contributed by atoms with van der Waals surface area (Å²) in [5, 5.41) is 13.1. The molecular formula is C29H27N5O2S. The van der Waals surface area contributed by atoms with E-state index in [4.69, 9.17) is 0 Å². The van der Waals surface area contributed by atoms with E-state index in [1.807, 2.05) is 30.5 Å². The molecule has 0 N–H and O–H groups in total. The molecule has 0 saturated carbocycles. The lowest BCUT2D eigenvalue weighted by molar-refractivity contribution is 0.602. The van der Waals surface area contributed by atoms with E-state index in [0.717, 1.165) is 38.7 Å². The maximum Gasteiger partial charge on any atom is 0.182 e. The highest BCUT2D eigenvalue weighted by molar-refractivity contribution is 7.90. The van der Waals surface area contributed by atoms with Gasteiger partial charge in [0, 0.05) is 36.0 Å². The van der Waals surface area contributed by atoms with Crippen molar-refractivity contribution in [3.63, 3.8) is 0 Å². The van der Waals surface area contributed by atoms with Gasteiger partial charge in [-0.3, -0.25) is 4.98 Å². The SMILES string of the molecule is CC(C)c1cc(-c2cccc(/C=C(/c3ccc(S(C)(=O)=O)cc3)c3nnnn3C)c2)c2ncccc2c1. The molecule has 0 atom stereocenters. The van der Waals surface area contributed by atoms with Crippen molar-refractivity contribution in [2.75, 3.05) is 6.26 Å². The number of aryl methyl sites for hydroxylation is 1. The molecule has 0 aliphatic rings. The highest BCUT2D eigenvalue weighted by Crippen LogP contribution is 2.33. The van der Waals surface area contributed by atoms with Crippen LogP contribution in [0.5, 0.6) is 0 Å². The zero-order valence-electron chi connectivity index (χ0n) is 21.1. The molecule has 37 heavy (non-hydrogen) atoms. The quantitative estimate of drug-likeness (QED) is 0.279. The molecule has 8 heteroatoms. The van der Waals surface area contributed by atoms with E-state index in [1.165, 1.54) is 11.8 Å². The van der Waals surface area contributed by atoms with Gasteiger partial charge in [0.15, 0.2) is 15.7 Å². The van der Waals surface area contributed by atoms with Crippen LogP contribution in [-0.2, 0) is 16.9 Å². The Balaban J connectivity index is 1.66. The zero-order valence-corrected chi connectivity index (χ0v) is 21.9. The molecule has 0 unspecified atom stereocenters. The van der Waals surface area contributed by atoms with Gasteiger partial charge in [-0.1, -0.05) is 50.2 Å². The number of sulfone groups is 1. The summed E-state index contributed by atoms with van der Waals surface area (Å²) in [5.74, 6) is 0.961. The molecule has 5 aromatic rings. The van der Waals surface area contributed by atoms with Gasteiger partial charge in [-0.2, -0.15) is 0 Å². The van der Waals surface area contributed by atoms with Crippen LogP contribution >= 0.6 is 0 Å². The number of nitrogens with zero attached hydrogens (tertiary/aromatic N) is 5. The largest absolute Gasteiger partial charge is 0.256 e. The highest BCUT2D eigenvalue weighted by atomic mass is 32.2. The van der Waals surface area contributed by atoms with Crippen LogP contribution in [0.2, 0.25) is 0 Å². The van der Waals surface area contributed by atoms with E-state index in [0.29, 0.717) is 11.7 Å². The fourth-order valence-corrected chi connectivity index (χ4v) is 4.98.